The predicted molar refractivity (Wildman–Crippen MR) is 48.7 cm³/mol. The van der Waals surface area contributed by atoms with Gasteiger partial charge in [0.1, 0.15) is 5.75 Å². The van der Waals surface area contributed by atoms with Gasteiger partial charge < -0.3 is 14.5 Å². The highest BCUT2D eigenvalue weighted by Gasteiger charge is 2.01. The Balaban J connectivity index is 0.000000336. The van der Waals surface area contributed by atoms with E-state index in [9.17, 15) is 4.20 Å². The lowest BCUT2D eigenvalue weighted by Gasteiger charge is -1.97. The van der Waals surface area contributed by atoms with Crippen molar-refractivity contribution >= 4 is 13.6 Å². The molecule has 1 N–H and O–H groups in total. The summed E-state index contributed by atoms with van der Waals surface area (Å²) < 4.78 is 23.7. The number of hydrogen-bond donors (Lipinski definition) is 1. The zero-order valence-electron chi connectivity index (χ0n) is 7.70. The van der Waals surface area contributed by atoms with Gasteiger partial charge in [0.05, 0.1) is 7.11 Å². The lowest BCUT2D eigenvalue weighted by atomic mass is 10.3. The lowest BCUT2D eigenvalue weighted by Crippen LogP contribution is -1.89. The summed E-state index contributed by atoms with van der Waals surface area (Å²) in [6, 6.07) is 6.79. The summed E-state index contributed by atoms with van der Waals surface area (Å²) in [5, 5.41) is 8.29. The molecule has 1 atom stereocenters. The lowest BCUT2D eigenvalue weighted by molar-refractivity contribution is -0.206. The Morgan fingerprint density at radius 3 is 2.20 bits per heavy atom. The van der Waals surface area contributed by atoms with Crippen LogP contribution >= 0.6 is 7.91 Å². The van der Waals surface area contributed by atoms with E-state index in [1.807, 2.05) is 0 Å². The molecule has 1 unspecified atom stereocenters. The maximum Gasteiger partial charge on any atom is 0.385 e. The van der Waals surface area contributed by atoms with E-state index in [1.165, 1.54) is 0 Å². The Bertz CT molecular complexity index is 375. The summed E-state index contributed by atoms with van der Waals surface area (Å²) in [4.78, 5) is 18.4. The highest BCUT2D eigenvalue weighted by atomic mass is 31.2. The number of ether oxygens (including phenoxy) is 1. The van der Waals surface area contributed by atoms with Gasteiger partial charge in [-0.1, -0.05) is 0 Å². The van der Waals surface area contributed by atoms with Crippen molar-refractivity contribution in [2.24, 2.45) is 0 Å². The second-order valence-electron chi connectivity index (χ2n) is 2.25. The number of diazo groups is 1. The van der Waals surface area contributed by atoms with Crippen LogP contribution in [-0.2, 0) is 4.57 Å². The van der Waals surface area contributed by atoms with E-state index in [-0.39, 0.29) is 0 Å². The smallest absolute Gasteiger partial charge is 0.385 e. The maximum atomic E-state index is 10.2. The van der Waals surface area contributed by atoms with Crippen LogP contribution in [0.4, 0.5) is 9.88 Å². The average Bonchev–Trinajstić information content (AvgIpc) is 2.15. The summed E-state index contributed by atoms with van der Waals surface area (Å²) in [5.74, 6) is 0.757. The molecule has 1 aromatic rings. The van der Waals surface area contributed by atoms with Gasteiger partial charge in [0.15, 0.2) is 4.98 Å². The van der Waals surface area contributed by atoms with Crippen LogP contribution in [0.15, 0.2) is 24.3 Å². The molecule has 0 radical (unpaired) electrons. The van der Waals surface area contributed by atoms with Gasteiger partial charge >= 0.3 is 13.6 Å². The second-order valence-corrected chi connectivity index (χ2v) is 3.15. The fourth-order valence-electron chi connectivity index (χ4n) is 0.649. The first-order valence-corrected chi connectivity index (χ1v) is 5.06. The van der Waals surface area contributed by atoms with Gasteiger partial charge in [-0.15, -0.1) is 0 Å². The van der Waals surface area contributed by atoms with Crippen molar-refractivity contribution < 1.29 is 23.3 Å². The van der Waals surface area contributed by atoms with Crippen molar-refractivity contribution in [3.63, 3.8) is 0 Å². The molecular weight excluding hydrogens is 226 g/mol. The standard InChI is InChI=1S/C7H7N2O.FH2O3P/c1-10-7-4-2-6(9-8)3-5-7;1-5(2,3)4/h2-5H,1H3;(H2,2,3,4)/q+1;/p-1. The number of nitrogens with zero attached hydrogens (tertiary/aromatic N) is 2. The number of methoxy groups -OCH3 is 1. The van der Waals surface area contributed by atoms with E-state index in [0.717, 1.165) is 5.75 Å². The molecule has 0 heterocycles. The third kappa shape index (κ3) is 8.84. The van der Waals surface area contributed by atoms with Crippen LogP contribution in [-0.4, -0.2) is 12.0 Å². The molecule has 0 aromatic heterocycles. The average molecular weight is 234 g/mol. The monoisotopic (exact) mass is 234 g/mol. The molecule has 0 bridgehead atoms. The normalized spacial score (nSPS) is 12.7. The van der Waals surface area contributed by atoms with E-state index < -0.39 is 7.91 Å². The molecule has 15 heavy (non-hydrogen) atoms. The molecule has 0 fully saturated rings. The van der Waals surface area contributed by atoms with Crippen LogP contribution in [0.25, 0.3) is 4.98 Å². The molecule has 0 aliphatic rings. The van der Waals surface area contributed by atoms with Crippen LogP contribution in [0.1, 0.15) is 0 Å². The molecule has 1 rings (SSSR count). The Kier molecular flexibility index (Phi) is 5.49. The van der Waals surface area contributed by atoms with Gasteiger partial charge in [-0.25, -0.2) is 0 Å². The van der Waals surface area contributed by atoms with Crippen molar-refractivity contribution in [1.82, 2.24) is 0 Å². The van der Waals surface area contributed by atoms with E-state index in [0.29, 0.717) is 5.69 Å². The molecule has 0 amide bonds. The van der Waals surface area contributed by atoms with Crippen molar-refractivity contribution in [2.75, 3.05) is 7.11 Å². The van der Waals surface area contributed by atoms with Crippen molar-refractivity contribution in [1.29, 1.82) is 5.39 Å². The van der Waals surface area contributed by atoms with Gasteiger partial charge in [-0.3, -0.25) is 4.57 Å². The molecular formula is C7H8FN2O4P. The highest BCUT2D eigenvalue weighted by molar-refractivity contribution is 7.44. The minimum Gasteiger partial charge on any atom is -0.753 e. The van der Waals surface area contributed by atoms with E-state index >= 15 is 0 Å². The molecule has 1 aromatic carbocycles. The van der Waals surface area contributed by atoms with Crippen molar-refractivity contribution in [2.45, 2.75) is 0 Å². The van der Waals surface area contributed by atoms with Gasteiger partial charge in [-0.05, 0) is 12.1 Å². The first kappa shape index (κ1) is 13.5. The second kappa shape index (κ2) is 6.09. The number of halogens is 1. The van der Waals surface area contributed by atoms with Crippen molar-refractivity contribution in [3.8, 4) is 5.75 Å². The number of benzene rings is 1. The third-order valence-corrected chi connectivity index (χ3v) is 1.19. The maximum absolute atomic E-state index is 10.2. The molecule has 0 saturated carbocycles. The van der Waals surface area contributed by atoms with Crippen LogP contribution in [0.2, 0.25) is 0 Å². The van der Waals surface area contributed by atoms with Gasteiger partial charge in [0.2, 0.25) is 5.39 Å². The molecule has 8 heteroatoms. The van der Waals surface area contributed by atoms with E-state index in [2.05, 4.69) is 4.98 Å². The Labute approximate surface area is 85.2 Å². The van der Waals surface area contributed by atoms with Gasteiger partial charge in [0.25, 0.3) is 0 Å². The fourth-order valence-corrected chi connectivity index (χ4v) is 0.649. The number of rotatable bonds is 1. The first-order chi connectivity index (χ1) is 6.86. The van der Waals surface area contributed by atoms with E-state index in [4.69, 9.17) is 24.5 Å². The summed E-state index contributed by atoms with van der Waals surface area (Å²) >= 11 is 0. The topological polar surface area (TPSA) is 97.7 Å². The van der Waals surface area contributed by atoms with Crippen molar-refractivity contribution in [3.05, 3.63) is 29.2 Å². The van der Waals surface area contributed by atoms with Crippen LogP contribution in [0.5, 0.6) is 5.75 Å². The van der Waals surface area contributed by atoms with Crippen LogP contribution in [0.3, 0.4) is 0 Å². The zero-order valence-corrected chi connectivity index (χ0v) is 8.60. The Morgan fingerprint density at radius 1 is 1.53 bits per heavy atom. The Morgan fingerprint density at radius 2 is 1.93 bits per heavy atom. The summed E-state index contributed by atoms with van der Waals surface area (Å²) in [7, 11) is -3.80. The van der Waals surface area contributed by atoms with Crippen LogP contribution < -0.4 is 9.63 Å². The molecule has 82 valence electrons. The summed E-state index contributed by atoms with van der Waals surface area (Å²) in [5.41, 5.74) is 0.529. The van der Waals surface area contributed by atoms with E-state index in [1.54, 1.807) is 31.4 Å². The Hall–Kier alpha value is -1.48. The minimum absolute atomic E-state index is 0.529. The molecule has 0 aliphatic heterocycles. The first-order valence-electron chi connectivity index (χ1n) is 3.59. The number of hydrogen-bond acceptors (Lipinski definition) is 4. The summed E-state index contributed by atoms with van der Waals surface area (Å²) in [6.45, 7) is 0. The SMILES string of the molecule is COc1ccc([N+]#N)cc1.O=P([O-])(O)F. The molecule has 6 nitrogen and oxygen atoms in total. The molecule has 0 spiro atoms. The van der Waals surface area contributed by atoms with Gasteiger partial charge in [0, 0.05) is 12.1 Å². The zero-order chi connectivity index (χ0) is 11.9. The predicted octanol–water partition coefficient (Wildman–Crippen LogP) is 1.60. The quantitative estimate of drug-likeness (QED) is 0.587. The molecule has 0 saturated heterocycles. The largest absolute Gasteiger partial charge is 0.753 e. The minimum atomic E-state index is -5.39. The van der Waals surface area contributed by atoms with Gasteiger partial charge in [-0.2, -0.15) is 4.20 Å². The highest BCUT2D eigenvalue weighted by Crippen LogP contribution is 2.28. The summed E-state index contributed by atoms with van der Waals surface area (Å²) in [6.07, 6.45) is 0. The van der Waals surface area contributed by atoms with Crippen LogP contribution in [0, 0.1) is 5.39 Å². The molecule has 0 aliphatic carbocycles. The fraction of sp³-hybridized carbons (Fsp3) is 0.143. The third-order valence-electron chi connectivity index (χ3n) is 1.19.